The second-order valence-corrected chi connectivity index (χ2v) is 7.49. The average Bonchev–Trinajstić information content (AvgIpc) is 2.64. The summed E-state index contributed by atoms with van der Waals surface area (Å²) in [7, 11) is 0. The minimum absolute atomic E-state index is 0.301. The predicted octanol–water partition coefficient (Wildman–Crippen LogP) is 6.00. The van der Waals surface area contributed by atoms with Crippen molar-refractivity contribution in [1.29, 1.82) is 0 Å². The van der Waals surface area contributed by atoms with Gasteiger partial charge in [-0.2, -0.15) is 0 Å². The Bertz CT molecular complexity index is 401. The second kappa shape index (κ2) is 16.6. The zero-order valence-corrected chi connectivity index (χ0v) is 17.0. The molecule has 0 aromatic carbocycles. The number of carbonyl (C=O) groups excluding carboxylic acids is 1. The zero-order valence-electron chi connectivity index (χ0n) is 17.0. The van der Waals surface area contributed by atoms with Crippen molar-refractivity contribution >= 4 is 6.29 Å². The summed E-state index contributed by atoms with van der Waals surface area (Å²) in [6.45, 7) is 2.24. The molecule has 1 radical (unpaired) electrons. The van der Waals surface area contributed by atoms with Gasteiger partial charge in [-0.3, -0.25) is 25.0 Å². The molecule has 0 aromatic heterocycles. The van der Waals surface area contributed by atoms with E-state index in [4.69, 9.17) is 0 Å². The molecule has 0 saturated heterocycles. The van der Waals surface area contributed by atoms with Gasteiger partial charge in [-0.15, -0.1) is 0 Å². The number of unbranched alkanes of at least 4 members (excludes halogenated alkanes) is 15. The highest BCUT2D eigenvalue weighted by Crippen LogP contribution is 2.19. The van der Waals surface area contributed by atoms with Gasteiger partial charge < -0.3 is 0 Å². The van der Waals surface area contributed by atoms with E-state index in [1.165, 1.54) is 70.6 Å². The van der Waals surface area contributed by atoms with Crippen LogP contribution < -0.4 is 0 Å². The summed E-state index contributed by atoms with van der Waals surface area (Å²) in [6, 6.07) is 0. The van der Waals surface area contributed by atoms with E-state index in [9.17, 15) is 25.0 Å². The molecule has 0 heterocycles. The van der Waals surface area contributed by atoms with Gasteiger partial charge in [0.15, 0.2) is 0 Å². The van der Waals surface area contributed by atoms with Crippen LogP contribution in [0.3, 0.4) is 0 Å². The number of rotatable bonds is 20. The first-order chi connectivity index (χ1) is 13.0. The number of nitro groups is 2. The highest BCUT2D eigenvalue weighted by atomic mass is 16.7. The molecule has 0 unspecified atom stereocenters. The Morgan fingerprint density at radius 2 is 0.926 bits per heavy atom. The predicted molar refractivity (Wildman–Crippen MR) is 107 cm³/mol. The second-order valence-electron chi connectivity index (χ2n) is 7.49. The van der Waals surface area contributed by atoms with Crippen LogP contribution in [0.15, 0.2) is 0 Å². The Kier molecular flexibility index (Phi) is 15.7. The molecule has 0 spiro atoms. The van der Waals surface area contributed by atoms with Crippen molar-refractivity contribution in [2.24, 2.45) is 0 Å². The number of hydrogen-bond donors (Lipinski definition) is 0. The lowest BCUT2D eigenvalue weighted by atomic mass is 10.0. The summed E-state index contributed by atoms with van der Waals surface area (Å²) in [6.07, 6.45) is 19.2. The smallest absolute Gasteiger partial charge is 0.273 e. The topological polar surface area (TPSA) is 103 Å². The third-order valence-corrected chi connectivity index (χ3v) is 5.15. The van der Waals surface area contributed by atoms with Crippen LogP contribution in [0.5, 0.6) is 0 Å². The summed E-state index contributed by atoms with van der Waals surface area (Å²) < 4.78 is 0. The van der Waals surface area contributed by atoms with E-state index in [0.717, 1.165) is 25.5 Å². The van der Waals surface area contributed by atoms with Crippen molar-refractivity contribution in [1.82, 2.24) is 0 Å². The molecule has 0 aliphatic rings. The van der Waals surface area contributed by atoms with Crippen LogP contribution in [0.2, 0.25) is 0 Å². The monoisotopic (exact) mass is 385 g/mol. The van der Waals surface area contributed by atoms with Gasteiger partial charge in [0.1, 0.15) is 9.85 Å². The van der Waals surface area contributed by atoms with Crippen molar-refractivity contribution in [3.8, 4) is 0 Å². The summed E-state index contributed by atoms with van der Waals surface area (Å²) in [5, 5.41) is 21.6. The van der Waals surface area contributed by atoms with Crippen molar-refractivity contribution in [3.05, 3.63) is 20.2 Å². The minimum atomic E-state index is -2.78. The van der Waals surface area contributed by atoms with Crippen LogP contribution in [-0.4, -0.2) is 21.8 Å². The molecule has 0 saturated carbocycles. The summed E-state index contributed by atoms with van der Waals surface area (Å²) in [4.78, 5) is 30.0. The Morgan fingerprint density at radius 3 is 1.19 bits per heavy atom. The first-order valence-electron chi connectivity index (χ1n) is 10.7. The molecule has 0 aliphatic heterocycles. The van der Waals surface area contributed by atoms with Gasteiger partial charge in [0.2, 0.25) is 0 Å². The van der Waals surface area contributed by atoms with Gasteiger partial charge >= 0.3 is 11.9 Å². The van der Waals surface area contributed by atoms with Gasteiger partial charge in [-0.05, 0) is 6.42 Å². The van der Waals surface area contributed by atoms with E-state index in [0.29, 0.717) is 12.8 Å². The van der Waals surface area contributed by atoms with E-state index >= 15 is 0 Å². The molecule has 0 atom stereocenters. The molecular weight excluding hydrogens is 348 g/mol. The van der Waals surface area contributed by atoms with Crippen LogP contribution in [0.4, 0.5) is 0 Å². The van der Waals surface area contributed by atoms with Crippen molar-refractivity contribution in [3.63, 3.8) is 0 Å². The SMILES string of the molecule is CCCCCCCCCCCCCCCCCCC([C]=O)([N+](=O)[O-])[N+](=O)[O-]. The summed E-state index contributed by atoms with van der Waals surface area (Å²) >= 11 is 0. The van der Waals surface area contributed by atoms with Crippen LogP contribution in [0.1, 0.15) is 116 Å². The molecule has 27 heavy (non-hydrogen) atoms. The quantitative estimate of drug-likeness (QED) is 0.111. The van der Waals surface area contributed by atoms with Gasteiger partial charge in [-0.1, -0.05) is 103 Å². The fourth-order valence-corrected chi connectivity index (χ4v) is 3.29. The Morgan fingerprint density at radius 1 is 0.630 bits per heavy atom. The summed E-state index contributed by atoms with van der Waals surface area (Å²) in [5.41, 5.74) is -2.78. The molecule has 0 aromatic rings. The standard InChI is InChI=1S/C20H37N2O5/c1-2-3-4-5-6-7-8-9-10-11-12-13-14-15-16-17-18-20(19-23,21(24)25)22(26)27/h2-18H2,1H3. The Labute approximate surface area is 163 Å². The van der Waals surface area contributed by atoms with Crippen LogP contribution in [0, 0.1) is 20.2 Å². The number of nitrogens with zero attached hydrogens (tertiary/aromatic N) is 2. The first kappa shape index (κ1) is 25.5. The lowest BCUT2D eigenvalue weighted by Crippen LogP contribution is -2.47. The molecule has 0 N–H and O–H groups in total. The molecule has 0 aliphatic carbocycles. The van der Waals surface area contributed by atoms with Gasteiger partial charge in [0, 0.05) is 0 Å². The first-order valence-corrected chi connectivity index (χ1v) is 10.7. The molecular formula is C20H37N2O5. The zero-order chi connectivity index (χ0) is 20.4. The van der Waals surface area contributed by atoms with E-state index in [2.05, 4.69) is 6.92 Å². The largest absolute Gasteiger partial charge is 0.523 e. The van der Waals surface area contributed by atoms with Crippen LogP contribution in [-0.2, 0) is 4.79 Å². The van der Waals surface area contributed by atoms with Crippen LogP contribution >= 0.6 is 0 Å². The van der Waals surface area contributed by atoms with Crippen molar-refractivity contribution in [2.45, 2.75) is 122 Å². The molecule has 0 amide bonds. The Balaban J connectivity index is 3.46. The average molecular weight is 386 g/mol. The van der Waals surface area contributed by atoms with E-state index in [-0.39, 0.29) is 6.42 Å². The Hall–Kier alpha value is -1.53. The van der Waals surface area contributed by atoms with Gasteiger partial charge in [0.05, 0.1) is 6.42 Å². The van der Waals surface area contributed by atoms with Crippen LogP contribution in [0.25, 0.3) is 0 Å². The fraction of sp³-hybridized carbons (Fsp3) is 0.950. The van der Waals surface area contributed by atoms with Gasteiger partial charge in [0.25, 0.3) is 0 Å². The third kappa shape index (κ3) is 11.7. The molecule has 0 bridgehead atoms. The molecule has 7 heteroatoms. The van der Waals surface area contributed by atoms with Gasteiger partial charge in [-0.25, -0.2) is 0 Å². The fourth-order valence-electron chi connectivity index (χ4n) is 3.29. The maximum Gasteiger partial charge on any atom is 0.523 e. The van der Waals surface area contributed by atoms with E-state index < -0.39 is 15.5 Å². The maximum atomic E-state index is 10.8. The third-order valence-electron chi connectivity index (χ3n) is 5.15. The highest BCUT2D eigenvalue weighted by Gasteiger charge is 2.57. The summed E-state index contributed by atoms with van der Waals surface area (Å²) in [5.74, 6) is 0. The van der Waals surface area contributed by atoms with E-state index in [1.54, 1.807) is 0 Å². The van der Waals surface area contributed by atoms with Crippen molar-refractivity contribution < 1.29 is 14.6 Å². The molecule has 0 fully saturated rings. The number of hydrogen-bond acceptors (Lipinski definition) is 5. The maximum absolute atomic E-state index is 10.8. The van der Waals surface area contributed by atoms with E-state index in [1.807, 2.05) is 0 Å². The lowest BCUT2D eigenvalue weighted by Gasteiger charge is -2.09. The molecule has 0 rings (SSSR count). The normalized spacial score (nSPS) is 11.4. The highest BCUT2D eigenvalue weighted by molar-refractivity contribution is 5.59. The molecule has 7 nitrogen and oxygen atoms in total. The lowest BCUT2D eigenvalue weighted by molar-refractivity contribution is -0.772. The molecule has 157 valence electrons. The van der Waals surface area contributed by atoms with Crippen molar-refractivity contribution in [2.75, 3.05) is 0 Å². The minimum Gasteiger partial charge on any atom is -0.273 e.